The first-order chi connectivity index (χ1) is 8.67. The molecule has 1 N–H and O–H groups in total. The van der Waals surface area contributed by atoms with E-state index in [-0.39, 0.29) is 11.8 Å². The van der Waals surface area contributed by atoms with Crippen LogP contribution >= 0.6 is 0 Å². The summed E-state index contributed by atoms with van der Waals surface area (Å²) >= 11 is 0. The van der Waals surface area contributed by atoms with Gasteiger partial charge in [0.1, 0.15) is 5.75 Å². The van der Waals surface area contributed by atoms with Crippen LogP contribution in [0.25, 0.3) is 0 Å². The molecular weight excluding hydrogens is 236 g/mol. The largest absolute Gasteiger partial charge is 0.435 e. The molecule has 0 saturated heterocycles. The molecule has 0 aliphatic heterocycles. The molecule has 0 heterocycles. The first kappa shape index (κ1) is 14.6. The zero-order valence-electron chi connectivity index (χ0n) is 10.5. The number of halogens is 2. The Hall–Kier alpha value is -1.42. The van der Waals surface area contributed by atoms with Crippen molar-refractivity contribution in [2.24, 2.45) is 0 Å². The summed E-state index contributed by atoms with van der Waals surface area (Å²) in [5.74, 6) is 0.190. The zero-order valence-corrected chi connectivity index (χ0v) is 10.5. The number of rotatable bonds is 8. The number of hydrogen-bond donors (Lipinski definition) is 1. The lowest BCUT2D eigenvalue weighted by atomic mass is 10.0. The number of nitrogens with one attached hydrogen (secondary N) is 1. The molecule has 0 bridgehead atoms. The van der Waals surface area contributed by atoms with E-state index in [1.807, 2.05) is 12.1 Å². The van der Waals surface area contributed by atoms with Gasteiger partial charge in [0.05, 0.1) is 0 Å². The number of benzene rings is 1. The molecule has 2 nitrogen and oxygen atoms in total. The van der Waals surface area contributed by atoms with Crippen LogP contribution in [0.15, 0.2) is 36.9 Å². The van der Waals surface area contributed by atoms with Gasteiger partial charge >= 0.3 is 6.61 Å². The van der Waals surface area contributed by atoms with Gasteiger partial charge < -0.3 is 10.1 Å². The summed E-state index contributed by atoms with van der Waals surface area (Å²) in [6.45, 7) is 3.87. The summed E-state index contributed by atoms with van der Waals surface area (Å²) in [4.78, 5) is 0. The summed E-state index contributed by atoms with van der Waals surface area (Å²) in [7, 11) is 0. The summed E-state index contributed by atoms with van der Waals surface area (Å²) in [5, 5.41) is 3.35. The standard InChI is InChI=1S/C14H19F2NO/c1-3-6-13(17-9-4-2)11-7-5-8-12(10-11)18-14(15)16/h3,5,7-8,10,13-14,17H,1,4,6,9H2,2H3. The second-order valence-corrected chi connectivity index (χ2v) is 3.98. The van der Waals surface area contributed by atoms with Crippen molar-refractivity contribution >= 4 is 0 Å². The molecule has 1 aromatic carbocycles. The van der Waals surface area contributed by atoms with Crippen LogP contribution < -0.4 is 10.1 Å². The fourth-order valence-corrected chi connectivity index (χ4v) is 1.73. The first-order valence-corrected chi connectivity index (χ1v) is 6.06. The van der Waals surface area contributed by atoms with Gasteiger partial charge in [-0.3, -0.25) is 0 Å². The molecule has 100 valence electrons. The predicted octanol–water partition coefficient (Wildman–Crippen LogP) is 3.90. The molecule has 0 aliphatic rings. The first-order valence-electron chi connectivity index (χ1n) is 6.06. The Labute approximate surface area is 107 Å². The molecule has 4 heteroatoms. The molecule has 1 unspecified atom stereocenters. The monoisotopic (exact) mass is 255 g/mol. The summed E-state index contributed by atoms with van der Waals surface area (Å²) < 4.78 is 28.7. The lowest BCUT2D eigenvalue weighted by Crippen LogP contribution is -2.21. The van der Waals surface area contributed by atoms with E-state index in [9.17, 15) is 8.78 Å². The highest BCUT2D eigenvalue weighted by atomic mass is 19.3. The molecule has 1 atom stereocenters. The molecule has 0 saturated carbocycles. The van der Waals surface area contributed by atoms with Crippen molar-refractivity contribution in [1.82, 2.24) is 5.32 Å². The summed E-state index contributed by atoms with van der Waals surface area (Å²) in [5.41, 5.74) is 0.932. The lowest BCUT2D eigenvalue weighted by Gasteiger charge is -2.18. The van der Waals surface area contributed by atoms with Gasteiger partial charge in [0, 0.05) is 6.04 Å². The number of hydrogen-bond acceptors (Lipinski definition) is 2. The van der Waals surface area contributed by atoms with Crippen molar-refractivity contribution in [1.29, 1.82) is 0 Å². The van der Waals surface area contributed by atoms with Crippen LogP contribution in [0.5, 0.6) is 5.75 Å². The van der Waals surface area contributed by atoms with Gasteiger partial charge in [-0.2, -0.15) is 8.78 Å². The van der Waals surface area contributed by atoms with Gasteiger partial charge in [-0.1, -0.05) is 25.1 Å². The van der Waals surface area contributed by atoms with E-state index < -0.39 is 6.61 Å². The van der Waals surface area contributed by atoms with E-state index in [1.54, 1.807) is 12.1 Å². The Kier molecular flexibility index (Phi) is 6.36. The normalized spacial score (nSPS) is 12.4. The Morgan fingerprint density at radius 3 is 2.83 bits per heavy atom. The van der Waals surface area contributed by atoms with E-state index in [4.69, 9.17) is 0 Å². The Balaban J connectivity index is 2.79. The van der Waals surface area contributed by atoms with Crippen LogP contribution in [0.1, 0.15) is 31.4 Å². The van der Waals surface area contributed by atoms with Gasteiger partial charge in [-0.05, 0) is 37.1 Å². The molecule has 0 radical (unpaired) electrons. The molecule has 0 spiro atoms. The van der Waals surface area contributed by atoms with E-state index in [2.05, 4.69) is 23.6 Å². The smallest absolute Gasteiger partial charge is 0.387 e. The maximum Gasteiger partial charge on any atom is 0.387 e. The van der Waals surface area contributed by atoms with Crippen LogP contribution in [-0.4, -0.2) is 13.2 Å². The fourth-order valence-electron chi connectivity index (χ4n) is 1.73. The fraction of sp³-hybridized carbons (Fsp3) is 0.429. The minimum Gasteiger partial charge on any atom is -0.435 e. The van der Waals surface area contributed by atoms with Crippen LogP contribution in [0.4, 0.5) is 8.78 Å². The molecule has 0 amide bonds. The van der Waals surface area contributed by atoms with Gasteiger partial charge in [0.2, 0.25) is 0 Å². The minimum absolute atomic E-state index is 0.0867. The summed E-state index contributed by atoms with van der Waals surface area (Å²) in [6.07, 6.45) is 3.58. The van der Waals surface area contributed by atoms with E-state index in [1.165, 1.54) is 6.07 Å². The topological polar surface area (TPSA) is 21.3 Å². The summed E-state index contributed by atoms with van der Waals surface area (Å²) in [6, 6.07) is 6.87. The van der Waals surface area contributed by atoms with E-state index in [0.29, 0.717) is 0 Å². The van der Waals surface area contributed by atoms with Crippen LogP contribution in [0, 0.1) is 0 Å². The van der Waals surface area contributed by atoms with Crippen LogP contribution in [-0.2, 0) is 0 Å². The highest BCUT2D eigenvalue weighted by molar-refractivity contribution is 5.31. The highest BCUT2D eigenvalue weighted by Gasteiger charge is 2.11. The second-order valence-electron chi connectivity index (χ2n) is 3.98. The van der Waals surface area contributed by atoms with Crippen LogP contribution in [0.2, 0.25) is 0 Å². The molecule has 0 aromatic heterocycles. The second kappa shape index (κ2) is 7.82. The van der Waals surface area contributed by atoms with Crippen molar-refractivity contribution in [3.8, 4) is 5.75 Å². The number of ether oxygens (including phenoxy) is 1. The van der Waals surface area contributed by atoms with Gasteiger partial charge in [-0.15, -0.1) is 6.58 Å². The third-order valence-electron chi connectivity index (χ3n) is 2.53. The van der Waals surface area contributed by atoms with Gasteiger partial charge in [-0.25, -0.2) is 0 Å². The molecule has 1 aromatic rings. The van der Waals surface area contributed by atoms with Gasteiger partial charge in [0.25, 0.3) is 0 Å². The lowest BCUT2D eigenvalue weighted by molar-refractivity contribution is -0.0499. The van der Waals surface area contributed by atoms with Crippen LogP contribution in [0.3, 0.4) is 0 Å². The Bertz CT molecular complexity index is 369. The van der Waals surface area contributed by atoms with Crippen molar-refractivity contribution in [3.05, 3.63) is 42.5 Å². The minimum atomic E-state index is -2.79. The molecule has 1 rings (SSSR count). The Morgan fingerprint density at radius 2 is 2.22 bits per heavy atom. The quantitative estimate of drug-likeness (QED) is 0.711. The average molecular weight is 255 g/mol. The van der Waals surface area contributed by atoms with E-state index >= 15 is 0 Å². The maximum absolute atomic E-state index is 12.2. The third kappa shape index (κ3) is 4.84. The molecule has 0 aliphatic carbocycles. The number of alkyl halides is 2. The van der Waals surface area contributed by atoms with E-state index in [0.717, 1.165) is 24.9 Å². The maximum atomic E-state index is 12.2. The predicted molar refractivity (Wildman–Crippen MR) is 68.9 cm³/mol. The van der Waals surface area contributed by atoms with Crippen molar-refractivity contribution in [3.63, 3.8) is 0 Å². The zero-order chi connectivity index (χ0) is 13.4. The van der Waals surface area contributed by atoms with Crippen molar-refractivity contribution < 1.29 is 13.5 Å². The molecule has 18 heavy (non-hydrogen) atoms. The third-order valence-corrected chi connectivity index (χ3v) is 2.53. The SMILES string of the molecule is C=CCC(NCCC)c1cccc(OC(F)F)c1. The van der Waals surface area contributed by atoms with Crippen molar-refractivity contribution in [2.45, 2.75) is 32.4 Å². The van der Waals surface area contributed by atoms with Gasteiger partial charge in [0.15, 0.2) is 0 Å². The molecular formula is C14H19F2NO. The van der Waals surface area contributed by atoms with Crippen molar-refractivity contribution in [2.75, 3.05) is 6.54 Å². The Morgan fingerprint density at radius 1 is 1.44 bits per heavy atom. The average Bonchev–Trinajstić information content (AvgIpc) is 2.34. The molecule has 0 fully saturated rings. The highest BCUT2D eigenvalue weighted by Crippen LogP contribution is 2.23.